The quantitative estimate of drug-likeness (QED) is 0.314. The zero-order valence-corrected chi connectivity index (χ0v) is 31.9. The Labute approximate surface area is 315 Å². The number of ether oxygens (including phenoxy) is 8. The molecule has 12 atom stereocenters. The average molecular weight is 776 g/mol. The molecule has 55 heavy (non-hydrogen) atoms. The number of pyridine rings is 1. The fraction of sp³-hybridized carbons (Fsp3) is 0.649. The monoisotopic (exact) mass is 775 g/mol. The van der Waals surface area contributed by atoms with E-state index in [0.717, 1.165) is 41.5 Å². The summed E-state index contributed by atoms with van der Waals surface area (Å²) in [5.41, 5.74) is -10.0. The molecule has 18 heteroatoms. The third-order valence-electron chi connectivity index (χ3n) is 11.2. The normalized spacial score (nSPS) is 38.2. The maximum Gasteiger partial charge on any atom is 0.340 e. The van der Waals surface area contributed by atoms with E-state index >= 15 is 4.79 Å². The summed E-state index contributed by atoms with van der Waals surface area (Å²) in [5.74, 6) is -11.1. The van der Waals surface area contributed by atoms with E-state index < -0.39 is 131 Å². The van der Waals surface area contributed by atoms with Gasteiger partial charge < -0.3 is 43.0 Å². The third kappa shape index (κ3) is 6.62. The molecule has 2 aliphatic heterocycles. The van der Waals surface area contributed by atoms with Crippen LogP contribution in [0.1, 0.15) is 90.7 Å². The Hall–Kier alpha value is -4.97. The molecule has 0 unspecified atom stereocenters. The molecule has 2 aliphatic carbocycles. The van der Waals surface area contributed by atoms with Crippen LogP contribution in [0.5, 0.6) is 0 Å². The first-order chi connectivity index (χ1) is 25.5. The van der Waals surface area contributed by atoms with Gasteiger partial charge in [0.25, 0.3) is 0 Å². The van der Waals surface area contributed by atoms with Gasteiger partial charge in [0.1, 0.15) is 35.9 Å². The first-order valence-electron chi connectivity index (χ1n) is 17.7. The fourth-order valence-corrected chi connectivity index (χ4v) is 8.92. The Bertz CT molecular complexity index is 1810. The predicted octanol–water partition coefficient (Wildman–Crippen LogP) is 1.06. The molecule has 1 aromatic heterocycles. The molecular weight excluding hydrogens is 730 g/mol. The summed E-state index contributed by atoms with van der Waals surface area (Å²) in [6, 6.07) is 2.95. The zero-order valence-electron chi connectivity index (χ0n) is 31.9. The van der Waals surface area contributed by atoms with Gasteiger partial charge in [-0.25, -0.2) is 4.79 Å². The van der Waals surface area contributed by atoms with E-state index in [2.05, 4.69) is 4.98 Å². The lowest BCUT2D eigenvalue weighted by Gasteiger charge is -2.66. The van der Waals surface area contributed by atoms with Crippen LogP contribution in [0, 0.1) is 17.3 Å². The van der Waals surface area contributed by atoms with Gasteiger partial charge in [-0.15, -0.1) is 0 Å². The summed E-state index contributed by atoms with van der Waals surface area (Å²) in [5, 5.41) is 13.2. The van der Waals surface area contributed by atoms with Crippen molar-refractivity contribution in [2.24, 2.45) is 17.3 Å². The summed E-state index contributed by atoms with van der Waals surface area (Å²) in [6.45, 7) is 8.79. The standard InChI is InChI=1S/C37H45NO17/c1-16-13-24(44)54-31-28(50-19(4)40)32(53-22(7)43)36(15-48-18(3)39)30(52-21(6)42)27(45)25-29(51-20(5)41)37(36,35(31,9)47)55-34(25,8)14-49-33(46)23-11-10-12-38-26(23)17(16)2/h10-12,16-17,25,28-32,47H,13-15H2,1-9H3/t16-,17+,25-,28+,29-,30-,31+,32+,34+,35+,36-,37+/m1/s1. The summed E-state index contributed by atoms with van der Waals surface area (Å²) in [7, 11) is 0. The smallest absolute Gasteiger partial charge is 0.340 e. The molecule has 3 heterocycles. The molecule has 4 aliphatic rings. The number of esters is 7. The molecule has 1 spiro atoms. The van der Waals surface area contributed by atoms with Crippen LogP contribution >= 0.6 is 0 Å². The van der Waals surface area contributed by atoms with Gasteiger partial charge in [-0.3, -0.25) is 38.5 Å². The minimum atomic E-state index is -2.81. The number of fused-ring (bicyclic) bond motifs is 5. The van der Waals surface area contributed by atoms with Gasteiger partial charge in [-0.2, -0.15) is 0 Å². The first kappa shape index (κ1) is 41.2. The Morgan fingerprint density at radius 3 is 2.05 bits per heavy atom. The van der Waals surface area contributed by atoms with Gasteiger partial charge in [-0.05, 0) is 31.9 Å². The lowest BCUT2D eigenvalue weighted by molar-refractivity contribution is -0.376. The maximum absolute atomic E-state index is 15.1. The maximum atomic E-state index is 15.1. The number of aliphatic hydroxyl groups is 1. The van der Waals surface area contributed by atoms with Gasteiger partial charge >= 0.3 is 41.8 Å². The zero-order chi connectivity index (χ0) is 41.0. The largest absolute Gasteiger partial charge is 0.465 e. The van der Waals surface area contributed by atoms with Crippen molar-refractivity contribution in [3.8, 4) is 0 Å². The van der Waals surface area contributed by atoms with Crippen molar-refractivity contribution < 1.29 is 81.4 Å². The minimum Gasteiger partial charge on any atom is -0.465 e. The van der Waals surface area contributed by atoms with E-state index in [1.54, 1.807) is 13.8 Å². The molecule has 5 rings (SSSR count). The molecule has 3 fully saturated rings. The number of nitrogens with zero attached hydrogens (tertiary/aromatic N) is 1. The van der Waals surface area contributed by atoms with E-state index in [9.17, 15) is 38.7 Å². The molecule has 300 valence electrons. The molecule has 1 aromatic rings. The van der Waals surface area contributed by atoms with Crippen LogP contribution in [-0.2, 0) is 71.5 Å². The van der Waals surface area contributed by atoms with Gasteiger partial charge in [0.15, 0.2) is 35.8 Å². The van der Waals surface area contributed by atoms with Crippen LogP contribution in [0.25, 0.3) is 0 Å². The van der Waals surface area contributed by atoms with Crippen molar-refractivity contribution in [3.05, 3.63) is 29.6 Å². The second kappa shape index (κ2) is 14.6. The first-order valence-corrected chi connectivity index (χ1v) is 17.7. The third-order valence-corrected chi connectivity index (χ3v) is 11.2. The Kier molecular flexibility index (Phi) is 10.9. The fourth-order valence-electron chi connectivity index (χ4n) is 8.92. The molecule has 1 saturated heterocycles. The van der Waals surface area contributed by atoms with Crippen molar-refractivity contribution in [2.75, 3.05) is 13.2 Å². The topological polar surface area (TPSA) is 244 Å². The van der Waals surface area contributed by atoms with Crippen molar-refractivity contribution in [3.63, 3.8) is 0 Å². The number of aromatic nitrogens is 1. The average Bonchev–Trinajstić information content (AvgIpc) is 3.30. The summed E-state index contributed by atoms with van der Waals surface area (Å²) < 4.78 is 47.3. The summed E-state index contributed by atoms with van der Waals surface area (Å²) in [4.78, 5) is 112. The van der Waals surface area contributed by atoms with Gasteiger partial charge in [0.05, 0.1) is 17.2 Å². The number of cyclic esters (lactones) is 1. The van der Waals surface area contributed by atoms with Crippen molar-refractivity contribution >= 4 is 47.6 Å². The highest BCUT2D eigenvalue weighted by Crippen LogP contribution is 2.69. The van der Waals surface area contributed by atoms with Crippen molar-refractivity contribution in [2.45, 2.75) is 122 Å². The van der Waals surface area contributed by atoms with Gasteiger partial charge in [0.2, 0.25) is 0 Å². The van der Waals surface area contributed by atoms with E-state index in [1.165, 1.54) is 25.3 Å². The van der Waals surface area contributed by atoms with Crippen molar-refractivity contribution in [1.29, 1.82) is 0 Å². The SMILES string of the molecule is CC(=O)OC[C@]12[C@H](OC(C)=O)C(=O)[C@@H]3[C@@H](OC(C)=O)[C@@]14O[C@@]3(C)COC(=O)c1cccnc1[C@@H](C)[C@H](C)CC(=O)O[C@@H]([C@H](OC(C)=O)[C@@H]2OC(C)=O)[C@]4(C)O. The van der Waals surface area contributed by atoms with Crippen LogP contribution < -0.4 is 0 Å². The van der Waals surface area contributed by atoms with Crippen LogP contribution in [0.2, 0.25) is 0 Å². The predicted molar refractivity (Wildman–Crippen MR) is 179 cm³/mol. The summed E-state index contributed by atoms with van der Waals surface area (Å²) >= 11 is 0. The minimum absolute atomic E-state index is 0.0215. The molecule has 1 N–H and O–H groups in total. The molecular formula is C37H45NO17. The second-order valence-corrected chi connectivity index (χ2v) is 15.0. The van der Waals surface area contributed by atoms with Gasteiger partial charge in [0, 0.05) is 53.2 Å². The molecule has 2 saturated carbocycles. The lowest BCUT2D eigenvalue weighted by Crippen LogP contribution is -2.88. The van der Waals surface area contributed by atoms with E-state index in [0.29, 0.717) is 0 Å². The highest BCUT2D eigenvalue weighted by atomic mass is 16.7. The molecule has 0 radical (unpaired) electrons. The number of hydrogen-bond donors (Lipinski definition) is 1. The van der Waals surface area contributed by atoms with Crippen LogP contribution in [-0.4, -0.2) is 118 Å². The highest BCUT2D eigenvalue weighted by molar-refractivity contribution is 5.94. The number of hydrogen-bond acceptors (Lipinski definition) is 18. The second-order valence-electron chi connectivity index (χ2n) is 15.0. The Morgan fingerprint density at radius 2 is 1.47 bits per heavy atom. The van der Waals surface area contributed by atoms with Crippen LogP contribution in [0.4, 0.5) is 0 Å². The number of rotatable bonds is 6. The molecule has 18 nitrogen and oxygen atoms in total. The Balaban J connectivity index is 1.94. The van der Waals surface area contributed by atoms with E-state index in [1.807, 2.05) is 0 Å². The highest BCUT2D eigenvalue weighted by Gasteiger charge is 2.91. The molecule has 0 aromatic carbocycles. The van der Waals surface area contributed by atoms with E-state index in [4.69, 9.17) is 37.9 Å². The Morgan fingerprint density at radius 1 is 0.873 bits per heavy atom. The lowest BCUT2D eigenvalue weighted by atomic mass is 9.45. The number of carbonyl (C=O) groups excluding carboxylic acids is 8. The van der Waals surface area contributed by atoms with Crippen LogP contribution in [0.15, 0.2) is 18.3 Å². The summed E-state index contributed by atoms with van der Waals surface area (Å²) in [6.07, 6.45) is -9.29. The van der Waals surface area contributed by atoms with Crippen molar-refractivity contribution in [1.82, 2.24) is 4.98 Å². The number of carbonyl (C=O) groups is 8. The molecule has 4 bridgehead atoms. The number of Topliss-reactive ketones (excluding diaryl/α,β-unsaturated/α-hetero) is 1. The van der Waals surface area contributed by atoms with Crippen LogP contribution in [0.3, 0.4) is 0 Å². The number of ketones is 1. The molecule has 0 amide bonds. The van der Waals surface area contributed by atoms with E-state index in [-0.39, 0.29) is 17.7 Å². The van der Waals surface area contributed by atoms with Gasteiger partial charge in [-0.1, -0.05) is 13.8 Å².